The molecule has 1 aliphatic heterocycles. The van der Waals surface area contributed by atoms with Crippen molar-refractivity contribution in [3.63, 3.8) is 0 Å². The Morgan fingerprint density at radius 1 is 1.50 bits per heavy atom. The fourth-order valence-electron chi connectivity index (χ4n) is 2.40. The van der Waals surface area contributed by atoms with E-state index >= 15 is 0 Å². The molecule has 1 aromatic rings. The highest BCUT2D eigenvalue weighted by molar-refractivity contribution is 7.85. The molecule has 1 fully saturated rings. The highest BCUT2D eigenvalue weighted by Crippen LogP contribution is 2.20. The largest absolute Gasteiger partial charge is 0.356 e. The van der Waals surface area contributed by atoms with Crippen molar-refractivity contribution in [2.45, 2.75) is 38.8 Å². The summed E-state index contributed by atoms with van der Waals surface area (Å²) in [5, 5.41) is 4.18. The SMILES string of the molecule is C[C@H](COS(C)(=O)=O)Cc1cnn(C2CCCCO2)c(=O)c1. The van der Waals surface area contributed by atoms with Crippen LogP contribution in [0.15, 0.2) is 17.1 Å². The minimum Gasteiger partial charge on any atom is -0.356 e. The van der Waals surface area contributed by atoms with Crippen molar-refractivity contribution in [3.8, 4) is 0 Å². The van der Waals surface area contributed by atoms with Crippen LogP contribution in [0.2, 0.25) is 0 Å². The molecule has 7 nitrogen and oxygen atoms in total. The van der Waals surface area contributed by atoms with Crippen LogP contribution in [-0.2, 0) is 25.5 Å². The Kier molecular flexibility index (Phi) is 5.71. The van der Waals surface area contributed by atoms with E-state index in [0.29, 0.717) is 13.0 Å². The molecule has 2 atom stereocenters. The zero-order chi connectivity index (χ0) is 16.2. The van der Waals surface area contributed by atoms with Gasteiger partial charge in [0.15, 0.2) is 6.23 Å². The molecule has 0 aliphatic carbocycles. The highest BCUT2D eigenvalue weighted by Gasteiger charge is 2.18. The van der Waals surface area contributed by atoms with Crippen LogP contribution in [0.5, 0.6) is 0 Å². The predicted molar refractivity (Wildman–Crippen MR) is 81.0 cm³/mol. The van der Waals surface area contributed by atoms with Crippen molar-refractivity contribution in [1.82, 2.24) is 9.78 Å². The molecule has 0 spiro atoms. The lowest BCUT2D eigenvalue weighted by Gasteiger charge is -2.23. The summed E-state index contributed by atoms with van der Waals surface area (Å²) in [5.41, 5.74) is 0.572. The van der Waals surface area contributed by atoms with Gasteiger partial charge in [-0.1, -0.05) is 6.92 Å². The molecule has 0 aromatic carbocycles. The Hall–Kier alpha value is -1.25. The van der Waals surface area contributed by atoms with E-state index in [1.807, 2.05) is 6.92 Å². The summed E-state index contributed by atoms with van der Waals surface area (Å²) in [7, 11) is -3.44. The quantitative estimate of drug-likeness (QED) is 0.726. The van der Waals surface area contributed by atoms with Gasteiger partial charge in [-0.05, 0) is 37.2 Å². The first-order valence-electron chi connectivity index (χ1n) is 7.39. The Morgan fingerprint density at radius 2 is 2.27 bits per heavy atom. The Balaban J connectivity index is 1.98. The molecule has 8 heteroatoms. The number of aromatic nitrogens is 2. The van der Waals surface area contributed by atoms with Crippen molar-refractivity contribution in [1.29, 1.82) is 0 Å². The van der Waals surface area contributed by atoms with E-state index < -0.39 is 10.1 Å². The number of rotatable bonds is 6. The number of ether oxygens (including phenoxy) is 1. The lowest BCUT2D eigenvalue weighted by molar-refractivity contribution is -0.0425. The minimum atomic E-state index is -3.44. The molecule has 1 aromatic heterocycles. The fraction of sp³-hybridized carbons (Fsp3) is 0.714. The van der Waals surface area contributed by atoms with Gasteiger partial charge in [0.2, 0.25) is 0 Å². The summed E-state index contributed by atoms with van der Waals surface area (Å²) in [6.45, 7) is 2.61. The van der Waals surface area contributed by atoms with Gasteiger partial charge >= 0.3 is 0 Å². The van der Waals surface area contributed by atoms with E-state index in [4.69, 9.17) is 8.92 Å². The Bertz CT molecular complexity index is 649. The summed E-state index contributed by atoms with van der Waals surface area (Å²) in [6.07, 6.45) is 5.75. The summed E-state index contributed by atoms with van der Waals surface area (Å²) in [4.78, 5) is 12.1. The van der Waals surface area contributed by atoms with Crippen molar-refractivity contribution < 1.29 is 17.3 Å². The fourth-order valence-corrected chi connectivity index (χ4v) is 2.88. The van der Waals surface area contributed by atoms with Crippen LogP contribution in [0.25, 0.3) is 0 Å². The van der Waals surface area contributed by atoms with Crippen LogP contribution in [0, 0.1) is 5.92 Å². The minimum absolute atomic E-state index is 0.0299. The lowest BCUT2D eigenvalue weighted by Crippen LogP contribution is -2.31. The van der Waals surface area contributed by atoms with Crippen molar-refractivity contribution in [2.24, 2.45) is 5.92 Å². The zero-order valence-corrected chi connectivity index (χ0v) is 13.7. The number of hydrogen-bond donors (Lipinski definition) is 0. The second-order valence-electron chi connectivity index (χ2n) is 5.77. The molecule has 0 saturated carbocycles. The summed E-state index contributed by atoms with van der Waals surface area (Å²) in [6, 6.07) is 1.53. The van der Waals surface area contributed by atoms with E-state index in [1.54, 1.807) is 6.20 Å². The summed E-state index contributed by atoms with van der Waals surface area (Å²) in [5.74, 6) is -0.0299. The molecule has 124 valence electrons. The van der Waals surface area contributed by atoms with Gasteiger partial charge in [-0.3, -0.25) is 8.98 Å². The van der Waals surface area contributed by atoms with Gasteiger partial charge in [0.05, 0.1) is 19.1 Å². The first kappa shape index (κ1) is 17.1. The van der Waals surface area contributed by atoms with Gasteiger partial charge in [-0.2, -0.15) is 13.5 Å². The van der Waals surface area contributed by atoms with Crippen LogP contribution in [0.3, 0.4) is 0 Å². The summed E-state index contributed by atoms with van der Waals surface area (Å²) < 4.78 is 33.6. The average molecular weight is 330 g/mol. The third-order valence-electron chi connectivity index (χ3n) is 3.46. The zero-order valence-electron chi connectivity index (χ0n) is 12.9. The normalized spacial score (nSPS) is 20.7. The van der Waals surface area contributed by atoms with E-state index in [2.05, 4.69) is 5.10 Å². The maximum atomic E-state index is 12.1. The van der Waals surface area contributed by atoms with Gasteiger partial charge in [0.25, 0.3) is 15.7 Å². The molecular weight excluding hydrogens is 308 g/mol. The smallest absolute Gasteiger partial charge is 0.269 e. The first-order chi connectivity index (χ1) is 10.3. The maximum Gasteiger partial charge on any atom is 0.269 e. The highest BCUT2D eigenvalue weighted by atomic mass is 32.2. The molecule has 0 amide bonds. The molecule has 0 radical (unpaired) electrons. The maximum absolute atomic E-state index is 12.1. The molecule has 1 unspecified atom stereocenters. The van der Waals surface area contributed by atoms with Gasteiger partial charge in [-0.25, -0.2) is 4.68 Å². The topological polar surface area (TPSA) is 87.5 Å². The molecule has 2 rings (SSSR count). The van der Waals surface area contributed by atoms with Crippen LogP contribution < -0.4 is 5.56 Å². The van der Waals surface area contributed by atoms with Crippen LogP contribution in [0.1, 0.15) is 38.0 Å². The molecular formula is C14H22N2O5S. The van der Waals surface area contributed by atoms with E-state index in [1.165, 1.54) is 10.7 Å². The Labute approximate surface area is 130 Å². The van der Waals surface area contributed by atoms with Crippen LogP contribution in [-0.4, -0.2) is 37.7 Å². The van der Waals surface area contributed by atoms with Crippen molar-refractivity contribution >= 4 is 10.1 Å². The van der Waals surface area contributed by atoms with Crippen molar-refractivity contribution in [3.05, 3.63) is 28.2 Å². The van der Waals surface area contributed by atoms with E-state index in [9.17, 15) is 13.2 Å². The van der Waals surface area contributed by atoms with Gasteiger partial charge in [0, 0.05) is 12.7 Å². The molecule has 2 heterocycles. The third kappa shape index (κ3) is 5.19. The Morgan fingerprint density at radius 3 is 2.86 bits per heavy atom. The predicted octanol–water partition coefficient (Wildman–Crippen LogP) is 1.10. The molecule has 1 saturated heterocycles. The second kappa shape index (κ2) is 7.34. The van der Waals surface area contributed by atoms with E-state index in [-0.39, 0.29) is 24.3 Å². The summed E-state index contributed by atoms with van der Waals surface area (Å²) >= 11 is 0. The molecule has 0 N–H and O–H groups in total. The van der Waals surface area contributed by atoms with Gasteiger partial charge in [0.1, 0.15) is 0 Å². The first-order valence-corrected chi connectivity index (χ1v) is 9.20. The van der Waals surface area contributed by atoms with Gasteiger partial charge < -0.3 is 4.74 Å². The van der Waals surface area contributed by atoms with Gasteiger partial charge in [-0.15, -0.1) is 0 Å². The molecule has 1 aliphatic rings. The second-order valence-corrected chi connectivity index (χ2v) is 7.41. The third-order valence-corrected chi connectivity index (χ3v) is 4.03. The molecule has 0 bridgehead atoms. The van der Waals surface area contributed by atoms with Crippen molar-refractivity contribution in [2.75, 3.05) is 19.5 Å². The number of nitrogens with zero attached hydrogens (tertiary/aromatic N) is 2. The number of hydrogen-bond acceptors (Lipinski definition) is 6. The van der Waals surface area contributed by atoms with E-state index in [0.717, 1.165) is 31.1 Å². The molecule has 22 heavy (non-hydrogen) atoms. The monoisotopic (exact) mass is 330 g/mol. The van der Waals surface area contributed by atoms with Crippen LogP contribution in [0.4, 0.5) is 0 Å². The van der Waals surface area contributed by atoms with Crippen LogP contribution >= 0.6 is 0 Å². The standard InChI is InChI=1S/C14H22N2O5S/c1-11(10-21-22(2,18)19)7-12-8-13(17)16(15-9-12)14-5-3-4-6-20-14/h8-9,11,14H,3-7,10H2,1-2H3/t11-,14?/m0/s1. The average Bonchev–Trinajstić information content (AvgIpc) is 2.45. The lowest BCUT2D eigenvalue weighted by atomic mass is 10.0.